The number of hydrogen-bond donors (Lipinski definition) is 1. The third-order valence-electron chi connectivity index (χ3n) is 3.52. The number of carbonyl (C=O) groups is 1. The molecule has 2 heterocycles. The molecule has 0 saturated carbocycles. The SMILES string of the molecule is COc1cccc(OC)c1-c1nc(C(=O)O)cn1-c1ccncc1. The van der Waals surface area contributed by atoms with Crippen LogP contribution in [0.3, 0.4) is 0 Å². The van der Waals surface area contributed by atoms with E-state index in [1.165, 1.54) is 20.4 Å². The molecule has 3 rings (SSSR count). The zero-order chi connectivity index (χ0) is 17.1. The predicted molar refractivity (Wildman–Crippen MR) is 86.9 cm³/mol. The van der Waals surface area contributed by atoms with E-state index in [0.717, 1.165) is 5.69 Å². The lowest BCUT2D eigenvalue weighted by atomic mass is 10.1. The summed E-state index contributed by atoms with van der Waals surface area (Å²) < 4.78 is 12.5. The first-order valence-electron chi connectivity index (χ1n) is 7.10. The number of nitrogens with zero attached hydrogens (tertiary/aromatic N) is 3. The van der Waals surface area contributed by atoms with Gasteiger partial charge < -0.3 is 14.6 Å². The predicted octanol–water partition coefficient (Wildman–Crippen LogP) is 2.65. The fraction of sp³-hybridized carbons (Fsp3) is 0.118. The lowest BCUT2D eigenvalue weighted by molar-refractivity contribution is 0.0691. The van der Waals surface area contributed by atoms with E-state index in [-0.39, 0.29) is 5.69 Å². The van der Waals surface area contributed by atoms with Crippen LogP contribution in [0.25, 0.3) is 17.1 Å². The van der Waals surface area contributed by atoms with Gasteiger partial charge >= 0.3 is 5.97 Å². The van der Waals surface area contributed by atoms with Gasteiger partial charge in [-0.2, -0.15) is 0 Å². The van der Waals surface area contributed by atoms with E-state index in [2.05, 4.69) is 9.97 Å². The molecule has 0 atom stereocenters. The minimum atomic E-state index is -1.11. The van der Waals surface area contributed by atoms with Crippen molar-refractivity contribution in [3.63, 3.8) is 0 Å². The first kappa shape index (κ1) is 15.5. The number of ether oxygens (including phenoxy) is 2. The van der Waals surface area contributed by atoms with Crippen molar-refractivity contribution < 1.29 is 19.4 Å². The van der Waals surface area contributed by atoms with E-state index in [1.54, 1.807) is 47.3 Å². The first-order valence-corrected chi connectivity index (χ1v) is 7.10. The van der Waals surface area contributed by atoms with Crippen LogP contribution in [-0.2, 0) is 0 Å². The van der Waals surface area contributed by atoms with Crippen molar-refractivity contribution in [1.29, 1.82) is 0 Å². The standard InChI is InChI=1S/C17H15N3O4/c1-23-13-4-3-5-14(24-2)15(13)16-19-12(17(21)22)10-20(16)11-6-8-18-9-7-11/h3-10H,1-2H3,(H,21,22). The summed E-state index contributed by atoms with van der Waals surface area (Å²) in [6.45, 7) is 0. The fourth-order valence-electron chi connectivity index (χ4n) is 2.43. The van der Waals surface area contributed by atoms with Crippen LogP contribution in [0.15, 0.2) is 48.9 Å². The first-order chi connectivity index (χ1) is 11.7. The number of imidazole rings is 1. The van der Waals surface area contributed by atoms with Gasteiger partial charge in [-0.3, -0.25) is 9.55 Å². The summed E-state index contributed by atoms with van der Waals surface area (Å²) >= 11 is 0. The van der Waals surface area contributed by atoms with Gasteiger partial charge in [-0.1, -0.05) is 6.07 Å². The highest BCUT2D eigenvalue weighted by Gasteiger charge is 2.22. The third kappa shape index (κ3) is 2.67. The Morgan fingerprint density at radius 1 is 1.08 bits per heavy atom. The van der Waals surface area contributed by atoms with E-state index in [9.17, 15) is 9.90 Å². The Balaban J connectivity index is 2.31. The van der Waals surface area contributed by atoms with Gasteiger partial charge in [0, 0.05) is 18.6 Å². The van der Waals surface area contributed by atoms with Crippen molar-refractivity contribution in [2.75, 3.05) is 14.2 Å². The summed E-state index contributed by atoms with van der Waals surface area (Å²) in [6, 6.07) is 8.85. The van der Waals surface area contributed by atoms with Crippen molar-refractivity contribution in [3.05, 3.63) is 54.6 Å². The molecule has 0 aliphatic heterocycles. The van der Waals surface area contributed by atoms with Crippen LogP contribution in [0.5, 0.6) is 11.5 Å². The highest BCUT2D eigenvalue weighted by molar-refractivity contribution is 5.87. The number of rotatable bonds is 5. The van der Waals surface area contributed by atoms with Crippen LogP contribution in [0.1, 0.15) is 10.5 Å². The summed E-state index contributed by atoms with van der Waals surface area (Å²) in [7, 11) is 3.08. The van der Waals surface area contributed by atoms with Gasteiger partial charge in [0.1, 0.15) is 17.1 Å². The maximum Gasteiger partial charge on any atom is 0.356 e. The molecule has 7 nitrogen and oxygen atoms in total. The second-order valence-corrected chi connectivity index (χ2v) is 4.87. The number of hydrogen-bond acceptors (Lipinski definition) is 5. The molecular weight excluding hydrogens is 310 g/mol. The quantitative estimate of drug-likeness (QED) is 0.776. The topological polar surface area (TPSA) is 86.5 Å². The van der Waals surface area contributed by atoms with Crippen molar-refractivity contribution in [3.8, 4) is 28.6 Å². The zero-order valence-corrected chi connectivity index (χ0v) is 13.1. The van der Waals surface area contributed by atoms with Gasteiger partial charge in [-0.05, 0) is 24.3 Å². The molecule has 3 aromatic rings. The Morgan fingerprint density at radius 3 is 2.25 bits per heavy atom. The van der Waals surface area contributed by atoms with Gasteiger partial charge in [0.15, 0.2) is 11.5 Å². The summed E-state index contributed by atoms with van der Waals surface area (Å²) in [4.78, 5) is 19.6. The summed E-state index contributed by atoms with van der Waals surface area (Å²) in [5.41, 5.74) is 1.23. The smallest absolute Gasteiger partial charge is 0.356 e. The molecule has 0 unspecified atom stereocenters. The molecule has 0 spiro atoms. The summed E-state index contributed by atoms with van der Waals surface area (Å²) in [6.07, 6.45) is 4.71. The minimum Gasteiger partial charge on any atom is -0.496 e. The van der Waals surface area contributed by atoms with Crippen LogP contribution in [0.4, 0.5) is 0 Å². The molecule has 0 saturated heterocycles. The van der Waals surface area contributed by atoms with Crippen LogP contribution in [-0.4, -0.2) is 39.8 Å². The highest BCUT2D eigenvalue weighted by Crippen LogP contribution is 2.38. The molecule has 0 amide bonds. The molecule has 2 aromatic heterocycles. The molecule has 1 N–H and O–H groups in total. The normalized spacial score (nSPS) is 10.4. The minimum absolute atomic E-state index is 0.0743. The maximum atomic E-state index is 11.4. The third-order valence-corrected chi connectivity index (χ3v) is 3.52. The van der Waals surface area contributed by atoms with Crippen molar-refractivity contribution in [2.45, 2.75) is 0 Å². The number of carboxylic acids is 1. The van der Waals surface area contributed by atoms with Gasteiger partial charge in [-0.25, -0.2) is 9.78 Å². The molecule has 0 fully saturated rings. The molecule has 0 aliphatic rings. The van der Waals surface area contributed by atoms with Crippen LogP contribution in [0.2, 0.25) is 0 Å². The second-order valence-electron chi connectivity index (χ2n) is 4.87. The number of pyridine rings is 1. The number of methoxy groups -OCH3 is 2. The monoisotopic (exact) mass is 325 g/mol. The molecule has 0 aliphatic carbocycles. The van der Waals surface area contributed by atoms with Crippen LogP contribution in [0, 0.1) is 0 Å². The molecule has 24 heavy (non-hydrogen) atoms. The molecule has 1 aromatic carbocycles. The number of aromatic carboxylic acids is 1. The number of benzene rings is 1. The molecule has 7 heteroatoms. The second kappa shape index (κ2) is 6.41. The Morgan fingerprint density at radius 2 is 1.71 bits per heavy atom. The Hall–Kier alpha value is -3.35. The lowest BCUT2D eigenvalue weighted by Gasteiger charge is -2.14. The Kier molecular flexibility index (Phi) is 4.15. The molecule has 122 valence electrons. The van der Waals surface area contributed by atoms with Crippen molar-refractivity contribution in [2.24, 2.45) is 0 Å². The number of carboxylic acid groups (broad SMARTS) is 1. The number of aromatic nitrogens is 3. The maximum absolute atomic E-state index is 11.4. The Bertz CT molecular complexity index is 853. The van der Waals surface area contributed by atoms with E-state index in [4.69, 9.17) is 9.47 Å². The van der Waals surface area contributed by atoms with Crippen molar-refractivity contribution >= 4 is 5.97 Å². The fourth-order valence-corrected chi connectivity index (χ4v) is 2.43. The van der Waals surface area contributed by atoms with E-state index in [0.29, 0.717) is 22.9 Å². The average Bonchev–Trinajstić information content (AvgIpc) is 3.07. The molecule has 0 radical (unpaired) electrons. The van der Waals surface area contributed by atoms with Gasteiger partial charge in [0.05, 0.1) is 19.9 Å². The van der Waals surface area contributed by atoms with Gasteiger partial charge in [0.25, 0.3) is 0 Å². The van der Waals surface area contributed by atoms with E-state index < -0.39 is 5.97 Å². The van der Waals surface area contributed by atoms with Crippen LogP contribution >= 0.6 is 0 Å². The molecule has 0 bridgehead atoms. The van der Waals surface area contributed by atoms with Gasteiger partial charge in [0.2, 0.25) is 0 Å². The van der Waals surface area contributed by atoms with Gasteiger partial charge in [-0.15, -0.1) is 0 Å². The average molecular weight is 325 g/mol. The van der Waals surface area contributed by atoms with E-state index >= 15 is 0 Å². The highest BCUT2D eigenvalue weighted by atomic mass is 16.5. The largest absolute Gasteiger partial charge is 0.496 e. The molecular formula is C17H15N3O4. The van der Waals surface area contributed by atoms with Crippen molar-refractivity contribution in [1.82, 2.24) is 14.5 Å². The zero-order valence-electron chi connectivity index (χ0n) is 13.1. The summed E-state index contributed by atoms with van der Waals surface area (Å²) in [5, 5.41) is 9.32. The lowest BCUT2D eigenvalue weighted by Crippen LogP contribution is -2.00. The van der Waals surface area contributed by atoms with E-state index in [1.807, 2.05) is 0 Å². The van der Waals surface area contributed by atoms with Crippen LogP contribution < -0.4 is 9.47 Å². The Labute approximate surface area is 138 Å². The summed E-state index contributed by atoms with van der Waals surface area (Å²) in [5.74, 6) is 0.366.